The molecule has 0 aliphatic heterocycles. The summed E-state index contributed by atoms with van der Waals surface area (Å²) in [6, 6.07) is 6.25. The fourth-order valence-corrected chi connectivity index (χ4v) is 2.70. The Morgan fingerprint density at radius 1 is 1.29 bits per heavy atom. The van der Waals surface area contributed by atoms with Gasteiger partial charge in [0.2, 0.25) is 5.91 Å². The fraction of sp³-hybridized carbons (Fsp3) is 0.611. The third kappa shape index (κ3) is 6.30. The van der Waals surface area contributed by atoms with E-state index in [0.29, 0.717) is 6.42 Å². The maximum atomic E-state index is 12.1. The predicted molar refractivity (Wildman–Crippen MR) is 89.1 cm³/mol. The topological polar surface area (TPSA) is 55.1 Å². The highest BCUT2D eigenvalue weighted by Gasteiger charge is 2.19. The molecule has 118 valence electrons. The van der Waals surface area contributed by atoms with Crippen LogP contribution in [0.1, 0.15) is 63.3 Å². The number of benzene rings is 1. The number of nitrogens with one attached hydrogen (secondary N) is 1. The molecule has 0 saturated carbocycles. The molecular weight excluding hydrogens is 260 g/mol. The number of hydrogen-bond donors (Lipinski definition) is 2. The summed E-state index contributed by atoms with van der Waals surface area (Å²) in [5.41, 5.74) is 9.80. The van der Waals surface area contributed by atoms with Gasteiger partial charge in [-0.25, -0.2) is 0 Å². The first kappa shape index (κ1) is 17.7. The minimum atomic E-state index is -0.0872. The Hall–Kier alpha value is -1.35. The van der Waals surface area contributed by atoms with E-state index in [-0.39, 0.29) is 23.4 Å². The van der Waals surface area contributed by atoms with Crippen molar-refractivity contribution < 1.29 is 4.79 Å². The Morgan fingerprint density at radius 2 is 1.90 bits per heavy atom. The van der Waals surface area contributed by atoms with Crippen LogP contribution in [0.4, 0.5) is 0 Å². The standard InChI is InChI=1S/C18H30N2O/c1-12-7-8-13(2)16(9-12)14(3)20-17(21)10-15(19)11-18(4,5)6/h7-9,14-15H,10-11,19H2,1-6H3,(H,20,21). The molecular formula is C18H30N2O. The van der Waals surface area contributed by atoms with E-state index in [1.54, 1.807) is 0 Å². The van der Waals surface area contributed by atoms with Gasteiger partial charge in [-0.3, -0.25) is 4.79 Å². The van der Waals surface area contributed by atoms with Crippen LogP contribution in [0.2, 0.25) is 0 Å². The second-order valence-corrected chi connectivity index (χ2v) is 7.38. The lowest BCUT2D eigenvalue weighted by molar-refractivity contribution is -0.122. The van der Waals surface area contributed by atoms with E-state index in [1.807, 2.05) is 6.92 Å². The average Bonchev–Trinajstić information content (AvgIpc) is 2.29. The molecule has 21 heavy (non-hydrogen) atoms. The summed E-state index contributed by atoms with van der Waals surface area (Å²) in [4.78, 5) is 12.1. The Bertz CT molecular complexity index is 488. The molecule has 1 aromatic rings. The van der Waals surface area contributed by atoms with Crippen molar-refractivity contribution in [2.24, 2.45) is 11.1 Å². The highest BCUT2D eigenvalue weighted by molar-refractivity contribution is 5.77. The Labute approximate surface area is 129 Å². The van der Waals surface area contributed by atoms with Crippen molar-refractivity contribution >= 4 is 5.91 Å². The van der Waals surface area contributed by atoms with Crippen molar-refractivity contribution in [2.45, 2.75) is 66.5 Å². The van der Waals surface area contributed by atoms with Crippen LogP contribution < -0.4 is 11.1 Å². The van der Waals surface area contributed by atoms with Crippen molar-refractivity contribution in [1.29, 1.82) is 0 Å². The number of hydrogen-bond acceptors (Lipinski definition) is 2. The lowest BCUT2D eigenvalue weighted by atomic mass is 9.87. The molecule has 1 amide bonds. The maximum Gasteiger partial charge on any atom is 0.222 e. The summed E-state index contributed by atoms with van der Waals surface area (Å²) in [7, 11) is 0. The molecule has 3 heteroatoms. The second kappa shape index (κ2) is 7.08. The molecule has 3 N–H and O–H groups in total. The molecule has 3 nitrogen and oxygen atoms in total. The molecule has 0 aliphatic rings. The summed E-state index contributed by atoms with van der Waals surface area (Å²) in [6.07, 6.45) is 1.23. The third-order valence-electron chi connectivity index (χ3n) is 3.60. The monoisotopic (exact) mass is 290 g/mol. The maximum absolute atomic E-state index is 12.1. The summed E-state index contributed by atoms with van der Waals surface area (Å²) in [5.74, 6) is 0.0279. The van der Waals surface area contributed by atoms with Crippen LogP contribution in [0.5, 0.6) is 0 Å². The van der Waals surface area contributed by atoms with Gasteiger partial charge in [0.15, 0.2) is 0 Å². The molecule has 0 fully saturated rings. The van der Waals surface area contributed by atoms with Crippen LogP contribution in [0, 0.1) is 19.3 Å². The molecule has 2 unspecified atom stereocenters. The van der Waals surface area contributed by atoms with Crippen molar-refractivity contribution in [3.63, 3.8) is 0 Å². The van der Waals surface area contributed by atoms with E-state index in [0.717, 1.165) is 6.42 Å². The van der Waals surface area contributed by atoms with Gasteiger partial charge in [0.25, 0.3) is 0 Å². The number of nitrogens with two attached hydrogens (primary N) is 1. The van der Waals surface area contributed by atoms with E-state index >= 15 is 0 Å². The van der Waals surface area contributed by atoms with Crippen LogP contribution in [0.25, 0.3) is 0 Å². The van der Waals surface area contributed by atoms with Gasteiger partial charge in [-0.2, -0.15) is 0 Å². The van der Waals surface area contributed by atoms with Crippen molar-refractivity contribution in [3.8, 4) is 0 Å². The highest BCUT2D eigenvalue weighted by atomic mass is 16.1. The van der Waals surface area contributed by atoms with Gasteiger partial charge >= 0.3 is 0 Å². The third-order valence-corrected chi connectivity index (χ3v) is 3.60. The summed E-state index contributed by atoms with van der Waals surface area (Å²) >= 11 is 0. The molecule has 0 bridgehead atoms. The van der Waals surface area contributed by atoms with Crippen LogP contribution in [-0.4, -0.2) is 11.9 Å². The van der Waals surface area contributed by atoms with Gasteiger partial charge in [0, 0.05) is 12.5 Å². The first-order chi connectivity index (χ1) is 9.58. The number of amides is 1. The summed E-state index contributed by atoms with van der Waals surface area (Å²) < 4.78 is 0. The van der Waals surface area contributed by atoms with Gasteiger partial charge < -0.3 is 11.1 Å². The van der Waals surface area contributed by atoms with E-state index in [4.69, 9.17) is 5.73 Å². The second-order valence-electron chi connectivity index (χ2n) is 7.38. The predicted octanol–water partition coefficient (Wildman–Crippen LogP) is 3.63. The van der Waals surface area contributed by atoms with Crippen LogP contribution in [0.15, 0.2) is 18.2 Å². The number of carbonyl (C=O) groups is 1. The zero-order chi connectivity index (χ0) is 16.2. The molecule has 2 atom stereocenters. The van der Waals surface area contributed by atoms with E-state index < -0.39 is 0 Å². The first-order valence-corrected chi connectivity index (χ1v) is 7.70. The smallest absolute Gasteiger partial charge is 0.222 e. The lowest BCUT2D eigenvalue weighted by Gasteiger charge is -2.24. The van der Waals surface area contributed by atoms with Gasteiger partial charge in [0.1, 0.15) is 0 Å². The zero-order valence-electron chi connectivity index (χ0n) is 14.3. The van der Waals surface area contributed by atoms with Crippen molar-refractivity contribution in [2.75, 3.05) is 0 Å². The minimum Gasteiger partial charge on any atom is -0.350 e. The van der Waals surface area contributed by atoms with Gasteiger partial charge in [-0.05, 0) is 43.7 Å². The Kier molecular flexibility index (Phi) is 5.97. The van der Waals surface area contributed by atoms with Gasteiger partial charge in [-0.15, -0.1) is 0 Å². The van der Waals surface area contributed by atoms with Crippen LogP contribution in [0.3, 0.4) is 0 Å². The quantitative estimate of drug-likeness (QED) is 0.870. The highest BCUT2D eigenvalue weighted by Crippen LogP contribution is 2.22. The van der Waals surface area contributed by atoms with Crippen LogP contribution in [-0.2, 0) is 4.79 Å². The number of rotatable bonds is 5. The number of carbonyl (C=O) groups excluding carboxylic acids is 1. The first-order valence-electron chi connectivity index (χ1n) is 7.70. The Morgan fingerprint density at radius 3 is 2.48 bits per heavy atom. The molecule has 0 radical (unpaired) electrons. The minimum absolute atomic E-state index is 0.0132. The molecule has 1 rings (SSSR count). The normalized spacial score (nSPS) is 14.6. The van der Waals surface area contributed by atoms with E-state index in [9.17, 15) is 4.79 Å². The molecule has 0 heterocycles. The average molecular weight is 290 g/mol. The molecule has 0 aliphatic carbocycles. The van der Waals surface area contributed by atoms with Gasteiger partial charge in [-0.1, -0.05) is 44.5 Å². The van der Waals surface area contributed by atoms with Crippen LogP contribution >= 0.6 is 0 Å². The van der Waals surface area contributed by atoms with E-state index in [1.165, 1.54) is 16.7 Å². The lowest BCUT2D eigenvalue weighted by Crippen LogP contribution is -2.35. The summed E-state index contributed by atoms with van der Waals surface area (Å²) in [6.45, 7) is 12.6. The van der Waals surface area contributed by atoms with Gasteiger partial charge in [0.05, 0.1) is 6.04 Å². The van der Waals surface area contributed by atoms with E-state index in [2.05, 4.69) is 58.1 Å². The number of aryl methyl sites for hydroxylation is 2. The summed E-state index contributed by atoms with van der Waals surface area (Å²) in [5, 5.41) is 3.06. The zero-order valence-corrected chi connectivity index (χ0v) is 14.3. The molecule has 1 aromatic carbocycles. The fourth-order valence-electron chi connectivity index (χ4n) is 2.70. The molecule has 0 spiro atoms. The van der Waals surface area contributed by atoms with Crippen molar-refractivity contribution in [3.05, 3.63) is 34.9 Å². The van der Waals surface area contributed by atoms with Crippen molar-refractivity contribution in [1.82, 2.24) is 5.32 Å². The SMILES string of the molecule is Cc1ccc(C)c(C(C)NC(=O)CC(N)CC(C)(C)C)c1. The largest absolute Gasteiger partial charge is 0.350 e. The molecule has 0 saturated heterocycles. The Balaban J connectivity index is 2.60. The molecule has 0 aromatic heterocycles.